The minimum atomic E-state index is 0.811. The Morgan fingerprint density at radius 2 is 1.77 bits per heavy atom. The van der Waals surface area contributed by atoms with Gasteiger partial charge in [-0.3, -0.25) is 4.99 Å². The molecular formula is C19H33N7. The van der Waals surface area contributed by atoms with Crippen LogP contribution in [0.25, 0.3) is 0 Å². The van der Waals surface area contributed by atoms with Crippen LogP contribution >= 0.6 is 0 Å². The number of aliphatic imine (C=N–C) groups is 1. The Balaban J connectivity index is 1.42. The van der Waals surface area contributed by atoms with E-state index in [0.29, 0.717) is 0 Å². The minimum Gasteiger partial charge on any atom is -0.355 e. The summed E-state index contributed by atoms with van der Waals surface area (Å²) in [5.74, 6) is 3.46. The second-order valence-corrected chi connectivity index (χ2v) is 7.70. The van der Waals surface area contributed by atoms with Gasteiger partial charge in [-0.2, -0.15) is 0 Å². The third-order valence-corrected chi connectivity index (χ3v) is 5.28. The smallest absolute Gasteiger partial charge is 0.225 e. The van der Waals surface area contributed by atoms with Crippen LogP contribution in [0.3, 0.4) is 0 Å². The number of nitrogens with zero attached hydrogens (tertiary/aromatic N) is 6. The Morgan fingerprint density at radius 3 is 2.38 bits per heavy atom. The predicted octanol–water partition coefficient (Wildman–Crippen LogP) is 1.15. The Kier molecular flexibility index (Phi) is 6.66. The van der Waals surface area contributed by atoms with Crippen LogP contribution in [0.5, 0.6) is 0 Å². The number of guanidine groups is 1. The highest BCUT2D eigenvalue weighted by atomic mass is 15.4. The second kappa shape index (κ2) is 9.16. The average Bonchev–Trinajstić information content (AvgIpc) is 2.65. The Hall–Kier alpha value is -1.89. The SMILES string of the molecule is CN=C(NCCN1CC(C)CC(C)C1)N1CCN(c2ncccn2)CC1. The Bertz CT molecular complexity index is 559. The van der Waals surface area contributed by atoms with Gasteiger partial charge in [0.25, 0.3) is 0 Å². The molecule has 0 radical (unpaired) electrons. The molecule has 2 fully saturated rings. The van der Waals surface area contributed by atoms with Gasteiger partial charge in [0.15, 0.2) is 5.96 Å². The van der Waals surface area contributed by atoms with Crippen molar-refractivity contribution < 1.29 is 0 Å². The van der Waals surface area contributed by atoms with E-state index in [1.54, 1.807) is 12.4 Å². The molecule has 0 bridgehead atoms. The summed E-state index contributed by atoms with van der Waals surface area (Å²) >= 11 is 0. The fraction of sp³-hybridized carbons (Fsp3) is 0.737. The van der Waals surface area contributed by atoms with Gasteiger partial charge in [-0.25, -0.2) is 9.97 Å². The maximum atomic E-state index is 4.49. The molecule has 2 unspecified atom stereocenters. The first-order valence-corrected chi connectivity index (χ1v) is 9.85. The number of rotatable bonds is 4. The van der Waals surface area contributed by atoms with Crippen molar-refractivity contribution in [2.45, 2.75) is 20.3 Å². The van der Waals surface area contributed by atoms with E-state index >= 15 is 0 Å². The van der Waals surface area contributed by atoms with Crippen molar-refractivity contribution in [3.8, 4) is 0 Å². The third-order valence-electron chi connectivity index (χ3n) is 5.28. The van der Waals surface area contributed by atoms with Gasteiger partial charge in [0.05, 0.1) is 0 Å². The summed E-state index contributed by atoms with van der Waals surface area (Å²) in [6.45, 7) is 12.9. The lowest BCUT2D eigenvalue weighted by Crippen LogP contribution is -2.54. The summed E-state index contributed by atoms with van der Waals surface area (Å²) in [6, 6.07) is 1.86. The first kappa shape index (κ1) is 18.9. The largest absolute Gasteiger partial charge is 0.355 e. The van der Waals surface area contributed by atoms with Crippen molar-refractivity contribution in [1.82, 2.24) is 25.1 Å². The van der Waals surface area contributed by atoms with Gasteiger partial charge in [0.2, 0.25) is 5.95 Å². The first-order valence-electron chi connectivity index (χ1n) is 9.85. The van der Waals surface area contributed by atoms with Gasteiger partial charge in [0.1, 0.15) is 0 Å². The molecule has 0 amide bonds. The lowest BCUT2D eigenvalue weighted by Gasteiger charge is -2.37. The van der Waals surface area contributed by atoms with E-state index in [2.05, 4.69) is 48.8 Å². The summed E-state index contributed by atoms with van der Waals surface area (Å²) < 4.78 is 0. The molecule has 7 nitrogen and oxygen atoms in total. The summed E-state index contributed by atoms with van der Waals surface area (Å²) in [4.78, 5) is 20.3. The van der Waals surface area contributed by atoms with Crippen LogP contribution in [0.1, 0.15) is 20.3 Å². The minimum absolute atomic E-state index is 0.811. The molecule has 144 valence electrons. The zero-order valence-corrected chi connectivity index (χ0v) is 16.4. The fourth-order valence-corrected chi connectivity index (χ4v) is 4.21. The molecule has 26 heavy (non-hydrogen) atoms. The number of hydrogen-bond acceptors (Lipinski definition) is 5. The highest BCUT2D eigenvalue weighted by Gasteiger charge is 2.23. The van der Waals surface area contributed by atoms with Crippen molar-refractivity contribution in [2.24, 2.45) is 16.8 Å². The van der Waals surface area contributed by atoms with Crippen LogP contribution in [0.15, 0.2) is 23.5 Å². The number of hydrogen-bond donors (Lipinski definition) is 1. The molecule has 7 heteroatoms. The number of nitrogens with one attached hydrogen (secondary N) is 1. The van der Waals surface area contributed by atoms with Crippen molar-refractivity contribution in [3.63, 3.8) is 0 Å². The molecule has 1 aromatic rings. The third kappa shape index (κ3) is 5.06. The second-order valence-electron chi connectivity index (χ2n) is 7.70. The molecule has 0 spiro atoms. The van der Waals surface area contributed by atoms with E-state index in [4.69, 9.17) is 0 Å². The molecule has 2 aliphatic heterocycles. The van der Waals surface area contributed by atoms with E-state index in [-0.39, 0.29) is 0 Å². The highest BCUT2D eigenvalue weighted by Crippen LogP contribution is 2.20. The van der Waals surface area contributed by atoms with Crippen LogP contribution < -0.4 is 10.2 Å². The van der Waals surface area contributed by atoms with Gasteiger partial charge >= 0.3 is 0 Å². The van der Waals surface area contributed by atoms with Gasteiger partial charge in [-0.15, -0.1) is 0 Å². The molecule has 0 aliphatic carbocycles. The van der Waals surface area contributed by atoms with Gasteiger partial charge in [-0.05, 0) is 24.3 Å². The monoisotopic (exact) mass is 359 g/mol. The summed E-state index contributed by atoms with van der Waals surface area (Å²) in [5, 5.41) is 3.56. The number of piperazine rings is 1. The molecule has 0 aromatic carbocycles. The summed E-state index contributed by atoms with van der Waals surface area (Å²) in [6.07, 6.45) is 4.97. The number of anilines is 1. The highest BCUT2D eigenvalue weighted by molar-refractivity contribution is 5.80. The molecule has 1 aromatic heterocycles. The van der Waals surface area contributed by atoms with Crippen LogP contribution in [0.2, 0.25) is 0 Å². The van der Waals surface area contributed by atoms with E-state index in [1.165, 1.54) is 19.5 Å². The molecule has 2 atom stereocenters. The molecule has 2 aliphatic rings. The van der Waals surface area contributed by atoms with Crippen LogP contribution in [0, 0.1) is 11.8 Å². The van der Waals surface area contributed by atoms with Crippen molar-refractivity contribution in [2.75, 3.05) is 64.3 Å². The number of likely N-dealkylation sites (tertiary alicyclic amines) is 1. The van der Waals surface area contributed by atoms with Gasteiger partial charge in [0, 0.05) is 71.8 Å². The van der Waals surface area contributed by atoms with Crippen molar-refractivity contribution in [3.05, 3.63) is 18.5 Å². The molecule has 3 heterocycles. The van der Waals surface area contributed by atoms with E-state index in [0.717, 1.165) is 63.0 Å². The van der Waals surface area contributed by atoms with Crippen molar-refractivity contribution >= 4 is 11.9 Å². The van der Waals surface area contributed by atoms with Crippen LogP contribution in [0.4, 0.5) is 5.95 Å². The quantitative estimate of drug-likeness (QED) is 0.643. The lowest BCUT2D eigenvalue weighted by atomic mass is 9.92. The number of aromatic nitrogens is 2. The van der Waals surface area contributed by atoms with E-state index in [9.17, 15) is 0 Å². The van der Waals surface area contributed by atoms with Crippen molar-refractivity contribution in [1.29, 1.82) is 0 Å². The average molecular weight is 360 g/mol. The van der Waals surface area contributed by atoms with Gasteiger partial charge in [-0.1, -0.05) is 13.8 Å². The molecule has 2 saturated heterocycles. The summed E-state index contributed by atoms with van der Waals surface area (Å²) in [5.41, 5.74) is 0. The standard InChI is InChI=1S/C19H33N7/c1-16-13-17(2)15-24(14-16)8-7-23-18(20-3)25-9-11-26(12-10-25)19-21-5-4-6-22-19/h4-6,16-17H,7-15H2,1-3H3,(H,20,23). The van der Waals surface area contributed by atoms with Gasteiger partial charge < -0.3 is 20.0 Å². The maximum absolute atomic E-state index is 4.49. The van der Waals surface area contributed by atoms with E-state index < -0.39 is 0 Å². The molecular weight excluding hydrogens is 326 g/mol. The molecule has 0 saturated carbocycles. The maximum Gasteiger partial charge on any atom is 0.225 e. The Labute approximate surface area is 157 Å². The molecule has 1 N–H and O–H groups in total. The zero-order chi connectivity index (χ0) is 18.4. The summed E-state index contributed by atoms with van der Waals surface area (Å²) in [7, 11) is 1.88. The normalized spacial score (nSPS) is 25.4. The fourth-order valence-electron chi connectivity index (χ4n) is 4.21. The zero-order valence-electron chi connectivity index (χ0n) is 16.4. The lowest BCUT2D eigenvalue weighted by molar-refractivity contribution is 0.143. The van der Waals surface area contributed by atoms with Crippen LogP contribution in [-0.4, -0.2) is 85.1 Å². The van der Waals surface area contributed by atoms with Crippen LogP contribution in [-0.2, 0) is 0 Å². The Morgan fingerprint density at radius 1 is 1.12 bits per heavy atom. The predicted molar refractivity (Wildman–Crippen MR) is 107 cm³/mol. The van der Waals surface area contributed by atoms with E-state index in [1.807, 2.05) is 13.1 Å². The topological polar surface area (TPSA) is 59.9 Å². The molecule has 3 rings (SSSR count). The number of piperidine rings is 1. The first-order chi connectivity index (χ1) is 12.7.